The van der Waals surface area contributed by atoms with E-state index in [0.717, 1.165) is 0 Å². The number of nitrogens with zero attached hydrogens (tertiary/aromatic N) is 4. The molecule has 0 N–H and O–H groups in total. The van der Waals surface area contributed by atoms with Gasteiger partial charge in [-0.2, -0.15) is 0 Å². The molecule has 1 aromatic rings. The lowest BCUT2D eigenvalue weighted by Gasteiger charge is -2.39. The average molecular weight is 252 g/mol. The molecule has 1 amide bonds. The van der Waals surface area contributed by atoms with Gasteiger partial charge in [-0.3, -0.25) is 4.79 Å². The first-order valence-electron chi connectivity index (χ1n) is 5.74. The minimum absolute atomic E-state index is 0.0683. The van der Waals surface area contributed by atoms with Crippen molar-refractivity contribution in [2.24, 2.45) is 0 Å². The van der Waals surface area contributed by atoms with E-state index in [9.17, 15) is 9.59 Å². The van der Waals surface area contributed by atoms with E-state index in [4.69, 9.17) is 4.74 Å². The summed E-state index contributed by atoms with van der Waals surface area (Å²) in [4.78, 5) is 23.8. The van der Waals surface area contributed by atoms with Crippen LogP contribution in [0.5, 0.6) is 0 Å². The highest BCUT2D eigenvalue weighted by Gasteiger charge is 2.35. The molecule has 0 radical (unpaired) electrons. The maximum atomic E-state index is 11.7. The van der Waals surface area contributed by atoms with Crippen LogP contribution in [0.1, 0.15) is 37.3 Å². The zero-order valence-corrected chi connectivity index (χ0v) is 10.7. The van der Waals surface area contributed by atoms with Crippen LogP contribution < -0.4 is 0 Å². The summed E-state index contributed by atoms with van der Waals surface area (Å²) < 4.78 is 6.84. The van der Waals surface area contributed by atoms with Crippen LogP contribution >= 0.6 is 0 Å². The molecular formula is C11H16N4O3. The topological polar surface area (TPSA) is 77.3 Å². The van der Waals surface area contributed by atoms with Gasteiger partial charge in [-0.1, -0.05) is 5.21 Å². The summed E-state index contributed by atoms with van der Waals surface area (Å²) in [7, 11) is 0. The first-order valence-corrected chi connectivity index (χ1v) is 5.74. The third-order valence-corrected chi connectivity index (χ3v) is 2.54. The van der Waals surface area contributed by atoms with Crippen LogP contribution in [0.2, 0.25) is 0 Å². The SMILES string of the molecule is CC(C)(C)OC(=O)N1CC(n2cc(C=O)nn2)C1. The highest BCUT2D eigenvalue weighted by atomic mass is 16.6. The van der Waals surface area contributed by atoms with E-state index in [1.807, 2.05) is 20.8 Å². The van der Waals surface area contributed by atoms with Crippen molar-refractivity contribution in [3.05, 3.63) is 11.9 Å². The van der Waals surface area contributed by atoms with E-state index in [1.54, 1.807) is 15.8 Å². The fourth-order valence-electron chi connectivity index (χ4n) is 1.62. The molecule has 1 saturated heterocycles. The Morgan fingerprint density at radius 1 is 1.50 bits per heavy atom. The molecule has 0 aromatic carbocycles. The van der Waals surface area contributed by atoms with E-state index in [0.29, 0.717) is 25.1 Å². The molecule has 1 aliphatic rings. The first-order chi connectivity index (χ1) is 8.39. The Kier molecular flexibility index (Phi) is 3.06. The number of aromatic nitrogens is 3. The molecule has 7 heteroatoms. The number of aldehydes is 1. The Hall–Kier alpha value is -1.92. The Morgan fingerprint density at radius 3 is 2.67 bits per heavy atom. The summed E-state index contributed by atoms with van der Waals surface area (Å²) in [6.07, 6.45) is 1.90. The number of amides is 1. The zero-order valence-electron chi connectivity index (χ0n) is 10.7. The second-order valence-corrected chi connectivity index (χ2v) is 5.28. The monoisotopic (exact) mass is 252 g/mol. The molecule has 0 spiro atoms. The lowest BCUT2D eigenvalue weighted by atomic mass is 10.1. The number of hydrogen-bond acceptors (Lipinski definition) is 5. The van der Waals surface area contributed by atoms with Crippen LogP contribution in [-0.4, -0.2) is 51.0 Å². The van der Waals surface area contributed by atoms with E-state index in [2.05, 4.69) is 10.3 Å². The van der Waals surface area contributed by atoms with Crippen LogP contribution in [-0.2, 0) is 4.74 Å². The fraction of sp³-hybridized carbons (Fsp3) is 0.636. The molecule has 0 bridgehead atoms. The molecule has 0 aliphatic carbocycles. The van der Waals surface area contributed by atoms with Crippen LogP contribution in [0.3, 0.4) is 0 Å². The summed E-state index contributed by atoms with van der Waals surface area (Å²) in [5, 5.41) is 7.51. The van der Waals surface area contributed by atoms with Crippen molar-refractivity contribution < 1.29 is 14.3 Å². The van der Waals surface area contributed by atoms with Crippen LogP contribution in [0, 0.1) is 0 Å². The number of hydrogen-bond donors (Lipinski definition) is 0. The van der Waals surface area contributed by atoms with Crippen molar-refractivity contribution >= 4 is 12.4 Å². The zero-order chi connectivity index (χ0) is 13.3. The Morgan fingerprint density at radius 2 is 2.17 bits per heavy atom. The molecule has 0 saturated carbocycles. The fourth-order valence-corrected chi connectivity index (χ4v) is 1.62. The van der Waals surface area contributed by atoms with Gasteiger partial charge in [0, 0.05) is 13.1 Å². The van der Waals surface area contributed by atoms with Gasteiger partial charge in [-0.25, -0.2) is 9.48 Å². The second-order valence-electron chi connectivity index (χ2n) is 5.28. The number of carbonyl (C=O) groups excluding carboxylic acids is 2. The summed E-state index contributed by atoms with van der Waals surface area (Å²) in [5.41, 5.74) is -0.189. The maximum absolute atomic E-state index is 11.7. The lowest BCUT2D eigenvalue weighted by Crippen LogP contribution is -2.52. The van der Waals surface area contributed by atoms with Crippen LogP contribution in [0.15, 0.2) is 6.20 Å². The molecule has 7 nitrogen and oxygen atoms in total. The highest BCUT2D eigenvalue weighted by Crippen LogP contribution is 2.22. The molecule has 18 heavy (non-hydrogen) atoms. The van der Waals surface area contributed by atoms with Gasteiger partial charge < -0.3 is 9.64 Å². The summed E-state index contributed by atoms with van der Waals surface area (Å²) in [6.45, 7) is 6.54. The predicted molar refractivity (Wildman–Crippen MR) is 62.3 cm³/mol. The van der Waals surface area contributed by atoms with Crippen LogP contribution in [0.4, 0.5) is 4.79 Å². The van der Waals surface area contributed by atoms with Gasteiger partial charge in [0.05, 0.1) is 12.2 Å². The van der Waals surface area contributed by atoms with Crippen molar-refractivity contribution in [3.8, 4) is 0 Å². The van der Waals surface area contributed by atoms with Gasteiger partial charge in [0.25, 0.3) is 0 Å². The summed E-state index contributed by atoms with van der Waals surface area (Å²) in [6, 6.07) is 0.0683. The maximum Gasteiger partial charge on any atom is 0.410 e. The molecule has 1 aromatic heterocycles. The van der Waals surface area contributed by atoms with Crippen molar-refractivity contribution in [1.82, 2.24) is 19.9 Å². The van der Waals surface area contributed by atoms with Crippen molar-refractivity contribution in [3.63, 3.8) is 0 Å². The number of ether oxygens (including phenoxy) is 1. The number of carbonyl (C=O) groups is 2. The predicted octanol–water partition coefficient (Wildman–Crippen LogP) is 0.882. The Labute approximate surface area is 105 Å². The average Bonchev–Trinajstić information content (AvgIpc) is 2.60. The minimum atomic E-state index is -0.486. The molecule has 0 atom stereocenters. The quantitative estimate of drug-likeness (QED) is 0.730. The minimum Gasteiger partial charge on any atom is -0.444 e. The molecule has 98 valence electrons. The summed E-state index contributed by atoms with van der Waals surface area (Å²) in [5.74, 6) is 0. The van der Waals surface area contributed by atoms with Gasteiger partial charge >= 0.3 is 6.09 Å². The number of likely N-dealkylation sites (tertiary alicyclic amines) is 1. The molecule has 0 unspecified atom stereocenters. The Bertz CT molecular complexity index is 457. The van der Waals surface area contributed by atoms with Crippen molar-refractivity contribution in [1.29, 1.82) is 0 Å². The third kappa shape index (κ3) is 2.66. The molecule has 1 fully saturated rings. The summed E-state index contributed by atoms with van der Waals surface area (Å²) >= 11 is 0. The molecule has 1 aliphatic heterocycles. The van der Waals surface area contributed by atoms with Gasteiger partial charge in [-0.05, 0) is 20.8 Å². The van der Waals surface area contributed by atoms with E-state index >= 15 is 0 Å². The highest BCUT2D eigenvalue weighted by molar-refractivity contribution is 5.71. The van der Waals surface area contributed by atoms with Gasteiger partial charge in [0.1, 0.15) is 11.3 Å². The molecule has 2 heterocycles. The normalized spacial score (nSPS) is 16.3. The lowest BCUT2D eigenvalue weighted by molar-refractivity contribution is -0.000624. The second kappa shape index (κ2) is 4.40. The largest absolute Gasteiger partial charge is 0.444 e. The van der Waals surface area contributed by atoms with Gasteiger partial charge in [0.2, 0.25) is 0 Å². The van der Waals surface area contributed by atoms with Crippen molar-refractivity contribution in [2.75, 3.05) is 13.1 Å². The van der Waals surface area contributed by atoms with E-state index < -0.39 is 5.60 Å². The van der Waals surface area contributed by atoms with Crippen LogP contribution in [0.25, 0.3) is 0 Å². The van der Waals surface area contributed by atoms with Crippen molar-refractivity contribution in [2.45, 2.75) is 32.4 Å². The number of rotatable bonds is 2. The molecule has 2 rings (SSSR count). The standard InChI is InChI=1S/C11H16N4O3/c1-11(2,3)18-10(17)14-5-9(6-14)15-4-8(7-16)12-13-15/h4,7,9H,5-6H2,1-3H3. The Balaban J connectivity index is 1.87. The first kappa shape index (κ1) is 12.5. The van der Waals surface area contributed by atoms with E-state index in [1.165, 1.54) is 0 Å². The van der Waals surface area contributed by atoms with E-state index in [-0.39, 0.29) is 12.1 Å². The third-order valence-electron chi connectivity index (χ3n) is 2.54. The molecular weight excluding hydrogens is 236 g/mol. The van der Waals surface area contributed by atoms with Gasteiger partial charge in [0.15, 0.2) is 6.29 Å². The smallest absolute Gasteiger partial charge is 0.410 e. The van der Waals surface area contributed by atoms with Gasteiger partial charge in [-0.15, -0.1) is 5.10 Å².